The minimum atomic E-state index is -1.62. The molecular weight excluding hydrogens is 524 g/mol. The van der Waals surface area contributed by atoms with Crippen molar-refractivity contribution >= 4 is 23.9 Å². The smallest absolute Gasteiger partial charge is 0.348 e. The molecule has 204 valence electrons. The Labute approximate surface area is 229 Å². The van der Waals surface area contributed by atoms with E-state index in [1.54, 1.807) is 0 Å². The Bertz CT molecular complexity index is 1180. The topological polar surface area (TPSA) is 168 Å². The Morgan fingerprint density at radius 3 is 1.38 bits per heavy atom. The molecular formula is C26H22N6O8. The summed E-state index contributed by atoms with van der Waals surface area (Å²) in [5.74, 6) is -7.00. The maximum Gasteiger partial charge on any atom is 0.348 e. The standard InChI is InChI=1S/C26H22N6O8/c1-29-17-32(18-30-2)14-4-6-20-23(35)39-26(40-24(20)36)9-7-25(8-10-26)37-21(33)19(22(34)38-25)5-3-13-31(15-11-27)16-12-28/h3-6,13-14H,7-10,15-18H2/b13-3+,14-4+,19-5?,20-6?. The van der Waals surface area contributed by atoms with Crippen molar-refractivity contribution in [3.05, 3.63) is 70.7 Å². The molecule has 2 heterocycles. The fourth-order valence-electron chi connectivity index (χ4n) is 3.98. The predicted octanol–water partition coefficient (Wildman–Crippen LogP) is 1.44. The highest BCUT2D eigenvalue weighted by Gasteiger charge is 2.56. The second kappa shape index (κ2) is 12.8. The van der Waals surface area contributed by atoms with Gasteiger partial charge < -0.3 is 23.8 Å². The minimum absolute atomic E-state index is 0.0682. The van der Waals surface area contributed by atoms with Gasteiger partial charge in [-0.2, -0.15) is 10.5 Å². The molecule has 1 aliphatic carbocycles. The van der Waals surface area contributed by atoms with E-state index in [9.17, 15) is 19.2 Å². The maximum absolute atomic E-state index is 12.6. The average Bonchev–Trinajstić information content (AvgIpc) is 2.90. The van der Waals surface area contributed by atoms with Crippen molar-refractivity contribution < 1.29 is 38.1 Å². The zero-order chi connectivity index (χ0) is 29.2. The lowest BCUT2D eigenvalue weighted by molar-refractivity contribution is -0.291. The molecule has 0 N–H and O–H groups in total. The summed E-state index contributed by atoms with van der Waals surface area (Å²) in [6.45, 7) is 13.5. The van der Waals surface area contributed by atoms with Crippen molar-refractivity contribution in [2.75, 3.05) is 26.4 Å². The van der Waals surface area contributed by atoms with Gasteiger partial charge in [0.05, 0.1) is 12.1 Å². The number of carbonyl (C=O) groups is 4. The maximum atomic E-state index is 12.6. The Hall–Kier alpha value is -5.60. The van der Waals surface area contributed by atoms with Crippen LogP contribution in [0.1, 0.15) is 25.7 Å². The van der Waals surface area contributed by atoms with Crippen LogP contribution in [0, 0.1) is 35.8 Å². The molecule has 0 aromatic carbocycles. The van der Waals surface area contributed by atoms with Gasteiger partial charge in [-0.15, -0.1) is 0 Å². The van der Waals surface area contributed by atoms with Crippen molar-refractivity contribution in [3.8, 4) is 12.1 Å². The van der Waals surface area contributed by atoms with Gasteiger partial charge in [-0.3, -0.25) is 9.69 Å². The highest BCUT2D eigenvalue weighted by atomic mass is 16.8. The summed E-state index contributed by atoms with van der Waals surface area (Å²) in [5.41, 5.74) is -0.769. The Kier molecular flexibility index (Phi) is 9.25. The largest absolute Gasteiger partial charge is 0.419 e. The van der Waals surface area contributed by atoms with Crippen molar-refractivity contribution in [1.82, 2.24) is 9.80 Å². The first kappa shape index (κ1) is 29.0. The van der Waals surface area contributed by atoms with Gasteiger partial charge in [-0.05, 0) is 24.3 Å². The van der Waals surface area contributed by atoms with E-state index in [0.717, 1.165) is 12.2 Å². The molecule has 0 aromatic rings. The van der Waals surface area contributed by atoms with Crippen molar-refractivity contribution in [2.45, 2.75) is 37.3 Å². The third kappa shape index (κ3) is 6.83. The van der Waals surface area contributed by atoms with Crippen molar-refractivity contribution in [1.29, 1.82) is 10.5 Å². The third-order valence-electron chi connectivity index (χ3n) is 5.94. The van der Waals surface area contributed by atoms with E-state index in [1.807, 2.05) is 12.1 Å². The monoisotopic (exact) mass is 546 g/mol. The molecule has 2 spiro atoms. The van der Waals surface area contributed by atoms with Crippen LogP contribution in [0.4, 0.5) is 0 Å². The van der Waals surface area contributed by atoms with Gasteiger partial charge in [-0.25, -0.2) is 37.2 Å². The van der Waals surface area contributed by atoms with Crippen molar-refractivity contribution in [3.63, 3.8) is 0 Å². The summed E-state index contributed by atoms with van der Waals surface area (Å²) in [5, 5.41) is 17.6. The van der Waals surface area contributed by atoms with Crippen molar-refractivity contribution in [2.24, 2.45) is 0 Å². The minimum Gasteiger partial charge on any atom is -0.419 e. The summed E-state index contributed by atoms with van der Waals surface area (Å²) >= 11 is 0. The Morgan fingerprint density at radius 2 is 1.05 bits per heavy atom. The molecule has 0 atom stereocenters. The molecule has 0 radical (unpaired) electrons. The molecule has 0 bridgehead atoms. The predicted molar refractivity (Wildman–Crippen MR) is 130 cm³/mol. The van der Waals surface area contributed by atoms with E-state index in [-0.39, 0.29) is 63.3 Å². The summed E-state index contributed by atoms with van der Waals surface area (Å²) in [6.07, 6.45) is 7.30. The fraction of sp³-hybridized carbons (Fsp3) is 0.385. The molecule has 2 saturated heterocycles. The van der Waals surface area contributed by atoms with Gasteiger partial charge in [0.2, 0.25) is 0 Å². The quantitative estimate of drug-likeness (QED) is 0.141. The van der Waals surface area contributed by atoms with Crippen LogP contribution < -0.4 is 0 Å². The van der Waals surface area contributed by atoms with Gasteiger partial charge in [0.15, 0.2) is 0 Å². The molecule has 0 aromatic heterocycles. The fourth-order valence-corrected chi connectivity index (χ4v) is 3.98. The molecule has 1 saturated carbocycles. The summed E-state index contributed by atoms with van der Waals surface area (Å²) < 4.78 is 21.7. The molecule has 14 nitrogen and oxygen atoms in total. The van der Waals surface area contributed by atoms with E-state index < -0.39 is 35.5 Å². The summed E-state index contributed by atoms with van der Waals surface area (Å²) in [7, 11) is 0. The molecule has 0 unspecified atom stereocenters. The van der Waals surface area contributed by atoms with Crippen LogP contribution in [-0.4, -0.2) is 71.7 Å². The number of nitriles is 2. The van der Waals surface area contributed by atoms with Crippen LogP contribution in [0.15, 0.2) is 47.9 Å². The number of allylic oxidation sites excluding steroid dienone is 4. The highest BCUT2D eigenvalue weighted by molar-refractivity contribution is 6.16. The lowest BCUT2D eigenvalue weighted by Crippen LogP contribution is -2.56. The van der Waals surface area contributed by atoms with E-state index >= 15 is 0 Å². The van der Waals surface area contributed by atoms with E-state index in [2.05, 4.69) is 9.69 Å². The zero-order valence-corrected chi connectivity index (χ0v) is 21.1. The normalized spacial score (nSPS) is 23.8. The van der Waals surface area contributed by atoms with Gasteiger partial charge in [0.1, 0.15) is 24.2 Å². The molecule has 2 aliphatic heterocycles. The SMILES string of the molecule is [C-]#[N+]CN(/C=C/C=C1C(=O)OC2(CCC3(CC2)OC(=O)C(=C/C=C/N(CC#N)CC#N)C(=O)O3)OC1=O)C[N+]#[C-]. The van der Waals surface area contributed by atoms with Crippen LogP contribution in [0.5, 0.6) is 0 Å². The molecule has 3 rings (SSSR count). The van der Waals surface area contributed by atoms with Crippen LogP contribution >= 0.6 is 0 Å². The number of nitrogens with zero attached hydrogens (tertiary/aromatic N) is 6. The third-order valence-corrected chi connectivity index (χ3v) is 5.94. The molecule has 0 amide bonds. The first-order valence-electron chi connectivity index (χ1n) is 11.8. The Balaban J connectivity index is 1.63. The van der Waals surface area contributed by atoms with E-state index in [1.165, 1.54) is 34.4 Å². The van der Waals surface area contributed by atoms with Gasteiger partial charge >= 0.3 is 23.9 Å². The number of hydrogen-bond acceptors (Lipinski definition) is 12. The van der Waals surface area contributed by atoms with Gasteiger partial charge in [0, 0.05) is 38.1 Å². The first-order valence-corrected chi connectivity index (χ1v) is 11.8. The van der Waals surface area contributed by atoms with Crippen LogP contribution in [0.2, 0.25) is 0 Å². The van der Waals surface area contributed by atoms with E-state index in [4.69, 9.17) is 42.6 Å². The van der Waals surface area contributed by atoms with Crippen LogP contribution in [0.25, 0.3) is 9.69 Å². The average molecular weight is 546 g/mol. The van der Waals surface area contributed by atoms with E-state index in [0.29, 0.717) is 0 Å². The number of ether oxygens (including phenoxy) is 4. The molecule has 3 aliphatic rings. The number of hydrogen-bond donors (Lipinski definition) is 0. The lowest BCUT2D eigenvalue weighted by Gasteiger charge is -2.45. The number of carbonyl (C=O) groups excluding carboxylic acids is 4. The number of rotatable bonds is 8. The van der Waals surface area contributed by atoms with Gasteiger partial charge in [-0.1, -0.05) is 0 Å². The molecule has 3 fully saturated rings. The van der Waals surface area contributed by atoms with Crippen LogP contribution in [0.3, 0.4) is 0 Å². The van der Waals surface area contributed by atoms with Crippen LogP contribution in [-0.2, 0) is 38.1 Å². The highest BCUT2D eigenvalue weighted by Crippen LogP contribution is 2.45. The first-order chi connectivity index (χ1) is 19.2. The lowest BCUT2D eigenvalue weighted by atomic mass is 9.87. The summed E-state index contributed by atoms with van der Waals surface area (Å²) in [6, 6.07) is 3.77. The summed E-state index contributed by atoms with van der Waals surface area (Å²) in [4.78, 5) is 59.4. The Morgan fingerprint density at radius 1 is 0.700 bits per heavy atom. The zero-order valence-electron chi connectivity index (χ0n) is 21.1. The number of esters is 4. The molecule has 14 heteroatoms. The van der Waals surface area contributed by atoms with Gasteiger partial charge in [0.25, 0.3) is 24.9 Å². The second-order valence-electron chi connectivity index (χ2n) is 8.63. The second-order valence-corrected chi connectivity index (χ2v) is 8.63. The molecule has 40 heavy (non-hydrogen) atoms.